The van der Waals surface area contributed by atoms with Crippen LogP contribution in [-0.2, 0) is 11.3 Å². The van der Waals surface area contributed by atoms with E-state index in [0.717, 1.165) is 22.6 Å². The molecule has 1 N–H and O–H groups in total. The monoisotopic (exact) mass is 551 g/mol. The van der Waals surface area contributed by atoms with Crippen molar-refractivity contribution in [3.05, 3.63) is 119 Å². The number of amides is 1. The third-order valence-corrected chi connectivity index (χ3v) is 6.30. The van der Waals surface area contributed by atoms with Gasteiger partial charge in [-0.25, -0.2) is 10.2 Å². The molecule has 0 bridgehead atoms. The van der Waals surface area contributed by atoms with E-state index in [4.69, 9.17) is 18.3 Å². The van der Waals surface area contributed by atoms with Gasteiger partial charge in [-0.05, 0) is 93.6 Å². The molecule has 5 aromatic rings. The molecule has 0 spiro atoms. The zero-order valence-electron chi connectivity index (χ0n) is 22.9. The maximum absolute atomic E-state index is 12.5. The molecule has 9 nitrogen and oxygen atoms in total. The molecule has 0 fully saturated rings. The lowest BCUT2D eigenvalue weighted by Crippen LogP contribution is -2.16. The second kappa shape index (κ2) is 12.3. The summed E-state index contributed by atoms with van der Waals surface area (Å²) in [4.78, 5) is 24.3. The molecule has 0 saturated carbocycles. The van der Waals surface area contributed by atoms with Crippen LogP contribution in [0.4, 0.5) is 0 Å². The maximum Gasteiger partial charge on any atom is 0.338 e. The van der Waals surface area contributed by atoms with Crippen LogP contribution in [0.1, 0.15) is 50.7 Å². The molecule has 0 aliphatic heterocycles. The number of hydrazone groups is 1. The summed E-state index contributed by atoms with van der Waals surface area (Å²) in [7, 11) is 0. The molecule has 0 saturated heterocycles. The number of furan rings is 2. The summed E-state index contributed by atoms with van der Waals surface area (Å²) >= 11 is 0. The van der Waals surface area contributed by atoms with E-state index in [9.17, 15) is 9.59 Å². The van der Waals surface area contributed by atoms with Crippen molar-refractivity contribution in [1.29, 1.82) is 0 Å². The second-order valence-electron chi connectivity index (χ2n) is 9.20. The zero-order valence-corrected chi connectivity index (χ0v) is 22.9. The highest BCUT2D eigenvalue weighted by Crippen LogP contribution is 2.23. The van der Waals surface area contributed by atoms with Gasteiger partial charge in [0.2, 0.25) is 0 Å². The van der Waals surface area contributed by atoms with Gasteiger partial charge in [-0.2, -0.15) is 5.10 Å². The van der Waals surface area contributed by atoms with Crippen LogP contribution in [0, 0.1) is 13.8 Å². The van der Waals surface area contributed by atoms with E-state index in [1.165, 1.54) is 6.21 Å². The van der Waals surface area contributed by atoms with Crippen LogP contribution in [0.2, 0.25) is 0 Å². The van der Waals surface area contributed by atoms with Crippen LogP contribution in [-0.4, -0.2) is 29.3 Å². The van der Waals surface area contributed by atoms with Crippen LogP contribution in [0.25, 0.3) is 17.0 Å². The summed E-state index contributed by atoms with van der Waals surface area (Å²) in [5.74, 6) is 1.46. The summed E-state index contributed by atoms with van der Waals surface area (Å²) in [6, 6.07) is 25.6. The molecule has 2 aromatic carbocycles. The molecule has 0 atom stereocenters. The highest BCUT2D eigenvalue weighted by atomic mass is 16.5. The zero-order chi connectivity index (χ0) is 28.8. The van der Waals surface area contributed by atoms with Gasteiger partial charge in [0.1, 0.15) is 29.6 Å². The summed E-state index contributed by atoms with van der Waals surface area (Å²) in [6.07, 6.45) is 1.39. The molecular formula is C32H29N3O6. The Morgan fingerprint density at radius 3 is 2.32 bits per heavy atom. The molecule has 0 radical (unpaired) electrons. The number of benzene rings is 2. The van der Waals surface area contributed by atoms with Crippen molar-refractivity contribution < 1.29 is 27.9 Å². The number of nitrogens with one attached hydrogen (secondary N) is 1. The van der Waals surface area contributed by atoms with Crippen LogP contribution in [0.15, 0.2) is 98.9 Å². The van der Waals surface area contributed by atoms with Crippen molar-refractivity contribution in [3.63, 3.8) is 0 Å². The number of carbonyl (C=O) groups excluding carboxylic acids is 2. The topological polar surface area (TPSA) is 108 Å². The Bertz CT molecular complexity index is 1650. The van der Waals surface area contributed by atoms with Crippen LogP contribution in [0.3, 0.4) is 0 Å². The van der Waals surface area contributed by atoms with E-state index in [1.54, 1.807) is 55.5 Å². The van der Waals surface area contributed by atoms with E-state index < -0.39 is 5.91 Å². The third kappa shape index (κ3) is 6.47. The maximum atomic E-state index is 12.5. The fourth-order valence-electron chi connectivity index (χ4n) is 4.27. The molecular weight excluding hydrogens is 522 g/mol. The molecule has 5 rings (SSSR count). The van der Waals surface area contributed by atoms with Crippen molar-refractivity contribution in [1.82, 2.24) is 9.99 Å². The molecule has 208 valence electrons. The highest BCUT2D eigenvalue weighted by Gasteiger charge is 2.12. The van der Waals surface area contributed by atoms with Gasteiger partial charge in [0.05, 0.1) is 18.4 Å². The fraction of sp³-hybridized carbons (Fsp3) is 0.156. The SMILES string of the molecule is CCOC(=O)c1ccc(-c2ccc(/C=N/NC(=O)c3ccc(COc4ccc(-n5c(C)ccc5C)cc4)o3)o2)cc1. The second-order valence-corrected chi connectivity index (χ2v) is 9.20. The van der Waals surface area contributed by atoms with E-state index >= 15 is 0 Å². The van der Waals surface area contributed by atoms with Gasteiger partial charge in [0.15, 0.2) is 5.76 Å². The summed E-state index contributed by atoms with van der Waals surface area (Å²) in [5, 5.41) is 3.95. The van der Waals surface area contributed by atoms with Gasteiger partial charge in [-0.15, -0.1) is 0 Å². The largest absolute Gasteiger partial charge is 0.486 e. The Labute approximate surface area is 237 Å². The minimum absolute atomic E-state index is 0.108. The summed E-state index contributed by atoms with van der Waals surface area (Å²) in [5.41, 5.74) is 7.06. The van der Waals surface area contributed by atoms with Crippen LogP contribution >= 0.6 is 0 Å². The van der Waals surface area contributed by atoms with Gasteiger partial charge in [-0.3, -0.25) is 4.79 Å². The average molecular weight is 552 g/mol. The third-order valence-electron chi connectivity index (χ3n) is 6.30. The first-order chi connectivity index (χ1) is 19.9. The molecule has 3 aromatic heterocycles. The van der Waals surface area contributed by atoms with Gasteiger partial charge in [0, 0.05) is 22.6 Å². The number of ether oxygens (including phenoxy) is 2. The summed E-state index contributed by atoms with van der Waals surface area (Å²) < 4.78 is 24.4. The Kier molecular flexibility index (Phi) is 8.15. The Balaban J connectivity index is 1.12. The van der Waals surface area contributed by atoms with Gasteiger partial charge in [0.25, 0.3) is 0 Å². The lowest BCUT2D eigenvalue weighted by atomic mass is 10.1. The number of hydrogen-bond donors (Lipinski definition) is 1. The normalized spacial score (nSPS) is 11.1. The van der Waals surface area contributed by atoms with Crippen molar-refractivity contribution in [3.8, 4) is 22.8 Å². The van der Waals surface area contributed by atoms with Crippen molar-refractivity contribution in [2.75, 3.05) is 6.61 Å². The number of carbonyl (C=O) groups is 2. The minimum Gasteiger partial charge on any atom is -0.486 e. The number of esters is 1. The quantitative estimate of drug-likeness (QED) is 0.121. The minimum atomic E-state index is -0.504. The molecule has 0 unspecified atom stereocenters. The predicted molar refractivity (Wildman–Crippen MR) is 153 cm³/mol. The Morgan fingerprint density at radius 2 is 1.61 bits per heavy atom. The standard InChI is InChI=1S/C32H29N3O6/c1-4-38-32(37)24-9-7-23(8-10-24)29-17-15-27(40-29)19-33-34-31(36)30-18-16-28(41-30)20-39-26-13-11-25(12-14-26)35-21(2)5-6-22(35)3/h5-19H,4,20H2,1-3H3,(H,34,36)/b33-19+. The average Bonchev–Trinajstić information content (AvgIpc) is 3.73. The molecule has 1 amide bonds. The summed E-state index contributed by atoms with van der Waals surface area (Å²) in [6.45, 7) is 6.39. The molecule has 0 aliphatic carbocycles. The number of aromatic nitrogens is 1. The number of nitrogens with zero attached hydrogens (tertiary/aromatic N) is 2. The Morgan fingerprint density at radius 1 is 0.878 bits per heavy atom. The highest BCUT2D eigenvalue weighted by molar-refractivity contribution is 5.92. The molecule has 3 heterocycles. The van der Waals surface area contributed by atoms with E-state index in [0.29, 0.717) is 35.2 Å². The number of hydrogen-bond acceptors (Lipinski definition) is 7. The molecule has 9 heteroatoms. The van der Waals surface area contributed by atoms with Crippen molar-refractivity contribution >= 4 is 18.1 Å². The predicted octanol–water partition coefficient (Wildman–Crippen LogP) is 6.47. The molecule has 41 heavy (non-hydrogen) atoms. The van der Waals surface area contributed by atoms with E-state index in [-0.39, 0.29) is 18.3 Å². The van der Waals surface area contributed by atoms with Crippen LogP contribution in [0.5, 0.6) is 5.75 Å². The van der Waals surface area contributed by atoms with Crippen molar-refractivity contribution in [2.24, 2.45) is 5.10 Å². The van der Waals surface area contributed by atoms with E-state index in [2.05, 4.69) is 41.1 Å². The lowest BCUT2D eigenvalue weighted by molar-refractivity contribution is 0.0526. The van der Waals surface area contributed by atoms with Crippen LogP contribution < -0.4 is 10.2 Å². The number of rotatable bonds is 10. The van der Waals surface area contributed by atoms with Gasteiger partial charge < -0.3 is 22.9 Å². The molecule has 0 aliphatic rings. The first-order valence-corrected chi connectivity index (χ1v) is 13.1. The fourth-order valence-corrected chi connectivity index (χ4v) is 4.27. The first-order valence-electron chi connectivity index (χ1n) is 13.1. The number of aryl methyl sites for hydroxylation is 2. The Hall–Kier alpha value is -5.31. The van der Waals surface area contributed by atoms with Gasteiger partial charge >= 0.3 is 11.9 Å². The smallest absolute Gasteiger partial charge is 0.338 e. The van der Waals surface area contributed by atoms with Crippen molar-refractivity contribution in [2.45, 2.75) is 27.4 Å². The first kappa shape index (κ1) is 27.3. The van der Waals surface area contributed by atoms with E-state index in [1.807, 2.05) is 24.3 Å². The lowest BCUT2D eigenvalue weighted by Gasteiger charge is -2.10. The van der Waals surface area contributed by atoms with Gasteiger partial charge in [-0.1, -0.05) is 12.1 Å².